The summed E-state index contributed by atoms with van der Waals surface area (Å²) in [6.07, 6.45) is 5.55. The summed E-state index contributed by atoms with van der Waals surface area (Å²) in [5, 5.41) is 6.32. The van der Waals surface area contributed by atoms with E-state index in [1.807, 2.05) is 7.05 Å². The van der Waals surface area contributed by atoms with Crippen molar-refractivity contribution in [2.45, 2.75) is 31.7 Å². The highest BCUT2D eigenvalue weighted by Crippen LogP contribution is 2.47. The minimum atomic E-state index is -0.00593. The molecule has 0 aromatic carbocycles. The summed E-state index contributed by atoms with van der Waals surface area (Å²) < 4.78 is 5.38. The minimum absolute atomic E-state index is 0.00593. The molecular weight excluding hydrogens is 228 g/mol. The molecule has 0 radical (unpaired) electrons. The zero-order valence-corrected chi connectivity index (χ0v) is 11.2. The zero-order valence-electron chi connectivity index (χ0n) is 11.2. The number of hydrogen-bond donors (Lipinski definition) is 2. The van der Waals surface area contributed by atoms with Gasteiger partial charge in [-0.1, -0.05) is 6.42 Å². The van der Waals surface area contributed by atoms with Crippen LogP contribution in [0.5, 0.6) is 0 Å². The van der Waals surface area contributed by atoms with Crippen molar-refractivity contribution in [1.82, 2.24) is 10.6 Å². The van der Waals surface area contributed by atoms with Crippen LogP contribution in [0, 0.1) is 23.7 Å². The van der Waals surface area contributed by atoms with E-state index in [1.54, 1.807) is 0 Å². The molecule has 5 unspecified atom stereocenters. The lowest BCUT2D eigenvalue weighted by molar-refractivity contribution is -0.125. The standard InChI is InChI=1S/C14H24N2O2/c1-15-13-8-18-7-12(13)14(17)16-6-11-5-9-2-3-10(11)4-9/h9-13,15H,2-8H2,1H3,(H,16,17). The van der Waals surface area contributed by atoms with E-state index in [9.17, 15) is 4.79 Å². The van der Waals surface area contributed by atoms with Crippen molar-refractivity contribution < 1.29 is 9.53 Å². The number of nitrogens with one attached hydrogen (secondary N) is 2. The SMILES string of the molecule is CNC1COCC1C(=O)NCC1CC2CCC1C2. The van der Waals surface area contributed by atoms with E-state index in [1.165, 1.54) is 25.7 Å². The van der Waals surface area contributed by atoms with Crippen LogP contribution in [0.15, 0.2) is 0 Å². The van der Waals surface area contributed by atoms with Crippen LogP contribution in [0.2, 0.25) is 0 Å². The number of carbonyl (C=O) groups is 1. The molecular formula is C14H24N2O2. The van der Waals surface area contributed by atoms with Crippen LogP contribution >= 0.6 is 0 Å². The molecule has 0 aromatic rings. The predicted molar refractivity (Wildman–Crippen MR) is 69.1 cm³/mol. The van der Waals surface area contributed by atoms with E-state index < -0.39 is 0 Å². The molecule has 3 rings (SSSR count). The van der Waals surface area contributed by atoms with Crippen molar-refractivity contribution in [2.75, 3.05) is 26.8 Å². The summed E-state index contributed by atoms with van der Waals surface area (Å²) in [5.74, 6) is 2.75. The molecule has 3 fully saturated rings. The summed E-state index contributed by atoms with van der Waals surface area (Å²) in [6.45, 7) is 2.10. The first-order valence-corrected chi connectivity index (χ1v) is 7.30. The number of carbonyl (C=O) groups excluding carboxylic acids is 1. The molecule has 2 bridgehead atoms. The number of rotatable bonds is 4. The molecule has 1 saturated heterocycles. The molecule has 4 heteroatoms. The van der Waals surface area contributed by atoms with E-state index in [-0.39, 0.29) is 17.9 Å². The van der Waals surface area contributed by atoms with E-state index in [0.29, 0.717) is 13.2 Å². The molecule has 18 heavy (non-hydrogen) atoms. The maximum absolute atomic E-state index is 12.1. The van der Waals surface area contributed by atoms with Gasteiger partial charge >= 0.3 is 0 Å². The Kier molecular flexibility index (Phi) is 3.57. The molecule has 0 aromatic heterocycles. The Balaban J connectivity index is 1.47. The second-order valence-corrected chi connectivity index (χ2v) is 6.22. The minimum Gasteiger partial charge on any atom is -0.379 e. The summed E-state index contributed by atoms with van der Waals surface area (Å²) >= 11 is 0. The molecule has 4 nitrogen and oxygen atoms in total. The average Bonchev–Trinajstić information content (AvgIpc) is 3.10. The third-order valence-electron chi connectivity index (χ3n) is 5.21. The highest BCUT2D eigenvalue weighted by atomic mass is 16.5. The maximum atomic E-state index is 12.1. The number of fused-ring (bicyclic) bond motifs is 2. The fourth-order valence-electron chi connectivity index (χ4n) is 4.09. The number of hydrogen-bond acceptors (Lipinski definition) is 3. The molecule has 0 spiro atoms. The van der Waals surface area contributed by atoms with E-state index in [4.69, 9.17) is 4.74 Å². The van der Waals surface area contributed by atoms with Crippen LogP contribution in [0.4, 0.5) is 0 Å². The predicted octanol–water partition coefficient (Wildman–Crippen LogP) is 0.773. The van der Waals surface area contributed by atoms with Gasteiger partial charge in [0, 0.05) is 12.6 Å². The van der Waals surface area contributed by atoms with Crippen LogP contribution < -0.4 is 10.6 Å². The third-order valence-corrected chi connectivity index (χ3v) is 5.21. The zero-order chi connectivity index (χ0) is 12.5. The van der Waals surface area contributed by atoms with Crippen molar-refractivity contribution in [3.8, 4) is 0 Å². The normalized spacial score (nSPS) is 42.4. The van der Waals surface area contributed by atoms with Gasteiger partial charge in [0.15, 0.2) is 0 Å². The maximum Gasteiger partial charge on any atom is 0.227 e. The van der Waals surface area contributed by atoms with Crippen molar-refractivity contribution in [1.29, 1.82) is 0 Å². The molecule has 2 saturated carbocycles. The first-order valence-electron chi connectivity index (χ1n) is 7.30. The summed E-state index contributed by atoms with van der Waals surface area (Å²) in [4.78, 5) is 12.1. The average molecular weight is 252 g/mol. The van der Waals surface area contributed by atoms with Gasteiger partial charge in [-0.05, 0) is 44.1 Å². The first kappa shape index (κ1) is 12.4. The Hall–Kier alpha value is -0.610. The largest absolute Gasteiger partial charge is 0.379 e. The molecule has 1 heterocycles. The van der Waals surface area contributed by atoms with Gasteiger partial charge in [0.25, 0.3) is 0 Å². The molecule has 1 amide bonds. The van der Waals surface area contributed by atoms with Gasteiger partial charge in [0.2, 0.25) is 5.91 Å². The molecule has 5 atom stereocenters. The first-order chi connectivity index (χ1) is 8.78. The molecule has 2 aliphatic carbocycles. The van der Waals surface area contributed by atoms with Crippen LogP contribution in [-0.4, -0.2) is 38.8 Å². The Morgan fingerprint density at radius 3 is 2.83 bits per heavy atom. The van der Waals surface area contributed by atoms with Crippen LogP contribution in [-0.2, 0) is 9.53 Å². The van der Waals surface area contributed by atoms with E-state index in [0.717, 1.165) is 24.3 Å². The molecule has 3 aliphatic rings. The summed E-state index contributed by atoms with van der Waals surface area (Å²) in [7, 11) is 1.90. The molecule has 102 valence electrons. The molecule has 2 N–H and O–H groups in total. The van der Waals surface area contributed by atoms with Gasteiger partial charge in [-0.15, -0.1) is 0 Å². The highest BCUT2D eigenvalue weighted by Gasteiger charge is 2.40. The Morgan fingerprint density at radius 1 is 1.28 bits per heavy atom. The van der Waals surface area contributed by atoms with Gasteiger partial charge in [-0.25, -0.2) is 0 Å². The van der Waals surface area contributed by atoms with Gasteiger partial charge in [0.05, 0.1) is 19.1 Å². The second kappa shape index (κ2) is 5.17. The van der Waals surface area contributed by atoms with Crippen molar-refractivity contribution in [3.05, 3.63) is 0 Å². The van der Waals surface area contributed by atoms with Crippen LogP contribution in [0.1, 0.15) is 25.7 Å². The number of amides is 1. The smallest absolute Gasteiger partial charge is 0.227 e. The van der Waals surface area contributed by atoms with Crippen molar-refractivity contribution in [2.24, 2.45) is 23.7 Å². The Bertz CT molecular complexity index is 321. The van der Waals surface area contributed by atoms with Crippen LogP contribution in [0.3, 0.4) is 0 Å². The van der Waals surface area contributed by atoms with Gasteiger partial charge in [-0.2, -0.15) is 0 Å². The van der Waals surface area contributed by atoms with Crippen molar-refractivity contribution >= 4 is 5.91 Å². The topological polar surface area (TPSA) is 50.4 Å². The third kappa shape index (κ3) is 2.28. The second-order valence-electron chi connectivity index (χ2n) is 6.22. The fraction of sp³-hybridized carbons (Fsp3) is 0.929. The monoisotopic (exact) mass is 252 g/mol. The fourth-order valence-corrected chi connectivity index (χ4v) is 4.09. The van der Waals surface area contributed by atoms with Crippen molar-refractivity contribution in [3.63, 3.8) is 0 Å². The number of ether oxygens (including phenoxy) is 1. The Labute approximate surface area is 109 Å². The quantitative estimate of drug-likeness (QED) is 0.777. The lowest BCUT2D eigenvalue weighted by atomic mass is 9.88. The van der Waals surface area contributed by atoms with E-state index >= 15 is 0 Å². The summed E-state index contributed by atoms with van der Waals surface area (Å²) in [5.41, 5.74) is 0. The number of likely N-dealkylation sites (N-methyl/N-ethyl adjacent to an activating group) is 1. The van der Waals surface area contributed by atoms with E-state index in [2.05, 4.69) is 10.6 Å². The lowest BCUT2D eigenvalue weighted by Crippen LogP contribution is -2.44. The van der Waals surface area contributed by atoms with Gasteiger partial charge in [-0.3, -0.25) is 4.79 Å². The van der Waals surface area contributed by atoms with Gasteiger partial charge in [0.1, 0.15) is 0 Å². The lowest BCUT2D eigenvalue weighted by Gasteiger charge is -2.23. The molecule has 1 aliphatic heterocycles. The van der Waals surface area contributed by atoms with Gasteiger partial charge < -0.3 is 15.4 Å². The van der Waals surface area contributed by atoms with Crippen LogP contribution in [0.25, 0.3) is 0 Å². The highest BCUT2D eigenvalue weighted by molar-refractivity contribution is 5.79. The Morgan fingerprint density at radius 2 is 2.17 bits per heavy atom. The summed E-state index contributed by atoms with van der Waals surface area (Å²) in [6, 6.07) is 0.185.